The fraction of sp³-hybridized carbons (Fsp3) is 0.805. The van der Waals surface area contributed by atoms with Crippen LogP contribution >= 0.6 is 0 Å². The normalized spacial score (nSPS) is 37.4. The Morgan fingerprint density at radius 2 is 0.540 bits per heavy atom. The fourth-order valence-corrected chi connectivity index (χ4v) is 15.7. The van der Waals surface area contributed by atoms with Crippen molar-refractivity contribution in [1.82, 2.24) is 0 Å². The topological polar surface area (TPSA) is 536 Å². The Hall–Kier alpha value is -7.28. The molecule has 7 aliphatic rings. The highest BCUT2D eigenvalue weighted by atomic mass is 16.8. The van der Waals surface area contributed by atoms with Gasteiger partial charge in [0, 0.05) is 146 Å². The van der Waals surface area contributed by atoms with Crippen molar-refractivity contribution in [2.45, 2.75) is 270 Å². The standard InChI is InChI=1S/C77H115N3O44/c1-33(81)103-29-45-50(57(94-12)49(79-80-78)71(90)112-45)119-72-64(99-17)58(95-13)51(42(113-72)26-91-9)120-73-65(100-18)59(96-14)52(43(114-73)27-92-10)121-74-66(101-19)60(97-15)53(44(115-74)28-93-11)122-75-67(102-20)61(98-16)54(48(116-75)32-106-70(89)41-24-22-21-23-25-41)123-76-69(111-40(8)88)63(109-38(6)86)56(47(118-76)31-105-35(3)83)124-77-68(110-39(7)87)62(108-37(5)85)55(107-36(4)84)46(117-77)30-104-34(2)82/h21-25,42-69,71-77,90H,26-32H2,1-20H3/t42-,43-,44?,45?,46-,47-,48?,49?,50+,51+,52?,53+,54+,55+,56+,57+,58?,59?,60-,61-,62?,63?,64?,65?,66?,67?,68?,69?,71+,72-,73+,74-,75-,76-,77+/m0/s1. The zero-order valence-corrected chi connectivity index (χ0v) is 72.4. The summed E-state index contributed by atoms with van der Waals surface area (Å²) in [6.07, 6.45) is -50.2. The summed E-state index contributed by atoms with van der Waals surface area (Å²) in [4.78, 5) is 120. The molecule has 7 aliphatic heterocycles. The SMILES string of the molecule is COCC1O[C@@H](OC2C(OC)C(OC)[C@@H](O[C@H]3C(OC)C(OC)[C@H](O[C@@H]4C(COC(C)=O)O[C@@H](O)C(N=[N+]=[N-])[C@H]4OC)O[C@H]3COC)O[C@H]2COC)C(OC)[C@@H](OC)[C@@H]1O[C@@H]1OC(COC(=O)c2ccccc2)[C@@H](O[C@@H]2O[C@@H](COC(C)=O)[C@@H](O[C@H]3O[C@@H](COC(C)=O)[C@@H](OC(C)=O)C(OC(C)=O)C3OC(C)=O)C(OC(C)=O)C2OC(C)=O)[C@H](OC)C1OC. The number of aliphatic hydroxyl groups is 1. The minimum Gasteiger partial charge on any atom is -0.463 e. The van der Waals surface area contributed by atoms with E-state index in [-0.39, 0.29) is 25.4 Å². The van der Waals surface area contributed by atoms with Gasteiger partial charge in [-0.25, -0.2) is 4.79 Å². The molecule has 124 heavy (non-hydrogen) atoms. The van der Waals surface area contributed by atoms with Crippen LogP contribution in [-0.4, -0.2) is 405 Å². The maximum Gasteiger partial charge on any atom is 0.338 e. The number of methoxy groups -OCH3 is 12. The van der Waals surface area contributed by atoms with Gasteiger partial charge in [-0.15, -0.1) is 0 Å². The summed E-state index contributed by atoms with van der Waals surface area (Å²) in [6, 6.07) is 6.47. The number of ether oxygens (including phenoxy) is 34. The number of hydrogen-bond donors (Lipinski definition) is 1. The van der Waals surface area contributed by atoms with Crippen molar-refractivity contribution in [3.8, 4) is 0 Å². The molecule has 47 nitrogen and oxygen atoms in total. The number of carbonyl (C=O) groups is 9. The van der Waals surface area contributed by atoms with Crippen molar-refractivity contribution in [2.75, 3.05) is 132 Å². The Labute approximate surface area is 714 Å². The van der Waals surface area contributed by atoms with Gasteiger partial charge >= 0.3 is 53.7 Å². The lowest BCUT2D eigenvalue weighted by Crippen LogP contribution is -2.69. The number of esters is 9. The largest absolute Gasteiger partial charge is 0.463 e. The van der Waals surface area contributed by atoms with Crippen LogP contribution in [0.2, 0.25) is 0 Å². The molecule has 1 N–H and O–H groups in total. The molecule has 0 aromatic heterocycles. The molecule has 15 unspecified atom stereocenters. The molecular formula is C77H115N3O44. The van der Waals surface area contributed by atoms with Crippen molar-refractivity contribution in [3.05, 3.63) is 46.3 Å². The van der Waals surface area contributed by atoms with Gasteiger partial charge in [0.15, 0.2) is 74.6 Å². The predicted molar refractivity (Wildman–Crippen MR) is 402 cm³/mol. The smallest absolute Gasteiger partial charge is 0.338 e. The summed E-state index contributed by atoms with van der Waals surface area (Å²) < 4.78 is 210. The highest BCUT2D eigenvalue weighted by molar-refractivity contribution is 5.89. The summed E-state index contributed by atoms with van der Waals surface area (Å²) in [5.41, 5.74) is 9.58. The molecule has 0 saturated carbocycles. The van der Waals surface area contributed by atoms with Crippen LogP contribution in [0.15, 0.2) is 35.4 Å². The van der Waals surface area contributed by atoms with Gasteiger partial charge in [-0.2, -0.15) is 0 Å². The van der Waals surface area contributed by atoms with E-state index >= 15 is 0 Å². The van der Waals surface area contributed by atoms with Gasteiger partial charge in [-0.3, -0.25) is 38.4 Å². The Balaban J connectivity index is 1.11. The molecule has 7 fully saturated rings. The average Bonchev–Trinajstić information content (AvgIpc) is 0.757. The molecule has 47 heteroatoms. The first kappa shape index (κ1) is 102. The van der Waals surface area contributed by atoms with E-state index in [9.17, 15) is 53.8 Å². The summed E-state index contributed by atoms with van der Waals surface area (Å²) in [5.74, 6) is -8.37. The van der Waals surface area contributed by atoms with E-state index in [1.54, 1.807) is 18.2 Å². The highest BCUT2D eigenvalue weighted by Crippen LogP contribution is 2.43. The molecule has 0 amide bonds. The van der Waals surface area contributed by atoms with E-state index in [1.807, 2.05) is 0 Å². The zero-order chi connectivity index (χ0) is 90.9. The van der Waals surface area contributed by atoms with Crippen LogP contribution in [0.1, 0.15) is 65.7 Å². The van der Waals surface area contributed by atoms with Crippen LogP contribution in [0, 0.1) is 0 Å². The number of azide groups is 1. The maximum atomic E-state index is 14.1. The lowest BCUT2D eigenvalue weighted by atomic mass is 9.94. The van der Waals surface area contributed by atoms with Gasteiger partial charge < -0.3 is 166 Å². The Kier molecular flexibility index (Phi) is 40.6. The lowest BCUT2D eigenvalue weighted by molar-refractivity contribution is -0.402. The van der Waals surface area contributed by atoms with Gasteiger partial charge in [-0.05, 0) is 17.7 Å². The van der Waals surface area contributed by atoms with Crippen LogP contribution in [0.4, 0.5) is 0 Å². The monoisotopic (exact) mass is 1790 g/mol. The number of benzene rings is 1. The van der Waals surface area contributed by atoms with Crippen LogP contribution in [0.5, 0.6) is 0 Å². The minimum atomic E-state index is -2.03. The second-order valence-corrected chi connectivity index (χ2v) is 29.0. The quantitative estimate of drug-likeness (QED) is 0.0279. The van der Waals surface area contributed by atoms with Crippen molar-refractivity contribution in [3.63, 3.8) is 0 Å². The minimum absolute atomic E-state index is 0.0972. The van der Waals surface area contributed by atoms with E-state index in [4.69, 9.17) is 161 Å². The first-order valence-corrected chi connectivity index (χ1v) is 39.3. The van der Waals surface area contributed by atoms with Crippen molar-refractivity contribution >= 4 is 53.7 Å². The van der Waals surface area contributed by atoms with Gasteiger partial charge in [0.05, 0.1) is 31.5 Å². The number of carbonyl (C=O) groups excluding carboxylic acids is 9. The third-order valence-corrected chi connectivity index (χ3v) is 20.8. The molecule has 1 aromatic carbocycles. The maximum absolute atomic E-state index is 14.1. The summed E-state index contributed by atoms with van der Waals surface area (Å²) >= 11 is 0. The van der Waals surface area contributed by atoms with Crippen LogP contribution in [-0.2, 0) is 199 Å². The first-order valence-electron chi connectivity index (χ1n) is 39.3. The fourth-order valence-electron chi connectivity index (χ4n) is 15.7. The van der Waals surface area contributed by atoms with Gasteiger partial charge in [0.25, 0.3) is 0 Å². The van der Waals surface area contributed by atoms with Crippen molar-refractivity contribution in [1.29, 1.82) is 0 Å². The van der Waals surface area contributed by atoms with Crippen molar-refractivity contribution < 1.29 is 209 Å². The van der Waals surface area contributed by atoms with Gasteiger partial charge in [0.1, 0.15) is 161 Å². The molecule has 702 valence electrons. The molecule has 35 atom stereocenters. The van der Waals surface area contributed by atoms with Crippen LogP contribution in [0.3, 0.4) is 0 Å². The van der Waals surface area contributed by atoms with E-state index in [0.717, 1.165) is 48.5 Å². The Morgan fingerprint density at radius 3 is 0.823 bits per heavy atom. The summed E-state index contributed by atoms with van der Waals surface area (Å²) in [6.45, 7) is 4.91. The Bertz CT molecular complexity index is 3610. The second-order valence-electron chi connectivity index (χ2n) is 29.0. The molecule has 0 aliphatic carbocycles. The third kappa shape index (κ3) is 26.0. The number of rotatable bonds is 42. The predicted octanol–water partition coefficient (Wildman–Crippen LogP) is -0.678. The molecule has 8 rings (SSSR count). The van der Waals surface area contributed by atoms with E-state index in [2.05, 4.69) is 10.0 Å². The number of nitrogens with zero attached hydrogens (tertiary/aromatic N) is 3. The lowest BCUT2D eigenvalue weighted by Gasteiger charge is -2.52. The average molecular weight is 1790 g/mol. The van der Waals surface area contributed by atoms with Crippen LogP contribution < -0.4 is 0 Å². The zero-order valence-electron chi connectivity index (χ0n) is 72.4. The van der Waals surface area contributed by atoms with Crippen LogP contribution in [0.25, 0.3) is 10.4 Å². The molecule has 7 saturated heterocycles. The molecule has 0 radical (unpaired) electrons. The third-order valence-electron chi connectivity index (χ3n) is 20.8. The van der Waals surface area contributed by atoms with Crippen molar-refractivity contribution in [2.24, 2.45) is 5.11 Å². The number of hydrogen-bond acceptors (Lipinski definition) is 45. The number of aliphatic hydroxyl groups excluding tert-OH is 1. The molecular weight excluding hydrogens is 1670 g/mol. The summed E-state index contributed by atoms with van der Waals surface area (Å²) in [5, 5.41) is 14.7. The van der Waals surface area contributed by atoms with Gasteiger partial charge in [-0.1, -0.05) is 23.3 Å². The molecule has 0 spiro atoms. The van der Waals surface area contributed by atoms with E-state index < -0.39 is 295 Å². The van der Waals surface area contributed by atoms with E-state index in [1.165, 1.54) is 104 Å². The second kappa shape index (κ2) is 49.3. The first-order chi connectivity index (χ1) is 59.3. The molecule has 1 aromatic rings. The molecule has 7 heterocycles. The van der Waals surface area contributed by atoms with E-state index in [0.29, 0.717) is 0 Å². The highest BCUT2D eigenvalue weighted by Gasteiger charge is 2.63. The van der Waals surface area contributed by atoms with Gasteiger partial charge in [0.2, 0.25) is 0 Å². The molecule has 0 bridgehead atoms. The Morgan fingerprint density at radius 1 is 0.298 bits per heavy atom. The summed E-state index contributed by atoms with van der Waals surface area (Å²) in [7, 11) is 16.3.